The lowest BCUT2D eigenvalue weighted by atomic mass is 10.1. The fraction of sp³-hybridized carbons (Fsp3) is 0.0625. The number of anilines is 1. The van der Waals surface area contributed by atoms with Crippen LogP contribution in [-0.4, -0.2) is 20.3 Å². The Kier molecular flexibility index (Phi) is 3.23. The van der Waals surface area contributed by atoms with Gasteiger partial charge in [0.05, 0.1) is 17.4 Å². The van der Waals surface area contributed by atoms with Crippen molar-refractivity contribution in [3.8, 4) is 17.2 Å². The van der Waals surface area contributed by atoms with Crippen molar-refractivity contribution in [1.29, 1.82) is 0 Å². The number of para-hydroxylation sites is 1. The lowest BCUT2D eigenvalue weighted by Gasteiger charge is -2.10. The normalized spacial score (nSPS) is 10.7. The Hall–Kier alpha value is -2.95. The summed E-state index contributed by atoms with van der Waals surface area (Å²) in [5, 5.41) is 32.7. The van der Waals surface area contributed by atoms with E-state index < -0.39 is 5.75 Å². The topological polar surface area (TPSA) is 85.6 Å². The maximum absolute atomic E-state index is 9.76. The Balaban J connectivity index is 1.82. The molecule has 0 unspecified atom stereocenters. The quantitative estimate of drug-likeness (QED) is 0.555. The number of benzene rings is 2. The van der Waals surface area contributed by atoms with Crippen LogP contribution >= 0.6 is 0 Å². The number of aromatic hydroxyl groups is 3. The van der Waals surface area contributed by atoms with Crippen molar-refractivity contribution >= 4 is 16.6 Å². The van der Waals surface area contributed by atoms with Crippen LogP contribution in [-0.2, 0) is 6.54 Å². The van der Waals surface area contributed by atoms with E-state index >= 15 is 0 Å². The maximum atomic E-state index is 9.76. The Bertz CT molecular complexity index is 803. The molecule has 0 bridgehead atoms. The van der Waals surface area contributed by atoms with E-state index in [0.717, 1.165) is 16.6 Å². The fourth-order valence-electron chi connectivity index (χ4n) is 2.12. The molecule has 106 valence electrons. The number of phenols is 3. The molecule has 0 saturated carbocycles. The van der Waals surface area contributed by atoms with Crippen LogP contribution in [0.5, 0.6) is 17.2 Å². The van der Waals surface area contributed by atoms with E-state index in [0.29, 0.717) is 12.1 Å². The van der Waals surface area contributed by atoms with Crippen molar-refractivity contribution in [1.82, 2.24) is 4.98 Å². The molecule has 3 rings (SSSR count). The third-order valence-corrected chi connectivity index (χ3v) is 3.29. The van der Waals surface area contributed by atoms with Gasteiger partial charge in [-0.3, -0.25) is 4.98 Å². The van der Waals surface area contributed by atoms with Crippen molar-refractivity contribution < 1.29 is 15.3 Å². The number of nitrogens with one attached hydrogen (secondary N) is 1. The average Bonchev–Trinajstić information content (AvgIpc) is 2.52. The van der Waals surface area contributed by atoms with E-state index in [-0.39, 0.29) is 11.5 Å². The van der Waals surface area contributed by atoms with Gasteiger partial charge in [-0.15, -0.1) is 0 Å². The van der Waals surface area contributed by atoms with Crippen LogP contribution in [0.25, 0.3) is 10.9 Å². The molecule has 5 heteroatoms. The highest BCUT2D eigenvalue weighted by atomic mass is 16.3. The summed E-state index contributed by atoms with van der Waals surface area (Å²) in [6.07, 6.45) is 1.71. The molecule has 0 saturated heterocycles. The highest BCUT2D eigenvalue weighted by Crippen LogP contribution is 2.37. The number of aromatic nitrogens is 1. The molecule has 1 heterocycles. The highest BCUT2D eigenvalue weighted by molar-refractivity contribution is 5.81. The minimum absolute atomic E-state index is 0.305. The van der Waals surface area contributed by atoms with Gasteiger partial charge >= 0.3 is 0 Å². The summed E-state index contributed by atoms with van der Waals surface area (Å²) >= 11 is 0. The first-order valence-corrected chi connectivity index (χ1v) is 6.46. The van der Waals surface area contributed by atoms with Gasteiger partial charge in [-0.25, -0.2) is 0 Å². The van der Waals surface area contributed by atoms with Gasteiger partial charge in [0, 0.05) is 17.5 Å². The molecular formula is C16H14N2O3. The number of hydrogen-bond acceptors (Lipinski definition) is 5. The smallest absolute Gasteiger partial charge is 0.200 e. The minimum atomic E-state index is -0.508. The molecule has 0 radical (unpaired) electrons. The Labute approximate surface area is 121 Å². The number of phenolic OH excluding ortho intramolecular Hbond substituents is 3. The van der Waals surface area contributed by atoms with Gasteiger partial charge in [0.2, 0.25) is 5.75 Å². The van der Waals surface area contributed by atoms with Crippen LogP contribution in [0.3, 0.4) is 0 Å². The Morgan fingerprint density at radius 1 is 0.952 bits per heavy atom. The summed E-state index contributed by atoms with van der Waals surface area (Å²) in [5.74, 6) is -1.18. The summed E-state index contributed by atoms with van der Waals surface area (Å²) < 4.78 is 0. The van der Waals surface area contributed by atoms with E-state index in [1.54, 1.807) is 12.3 Å². The standard InChI is InChI=1S/C16H14N2O3/c19-14-6-5-11(15(20)16(14)21)8-17-12-7-10-3-1-2-4-13(10)18-9-12/h1-7,9,17,19-21H,8H2. The molecule has 0 amide bonds. The van der Waals surface area contributed by atoms with Crippen molar-refractivity contribution in [2.24, 2.45) is 0 Å². The van der Waals surface area contributed by atoms with Crippen molar-refractivity contribution in [2.75, 3.05) is 5.32 Å². The molecule has 0 atom stereocenters. The van der Waals surface area contributed by atoms with E-state index in [2.05, 4.69) is 10.3 Å². The molecule has 0 spiro atoms. The number of hydrogen-bond donors (Lipinski definition) is 4. The van der Waals surface area contributed by atoms with E-state index in [4.69, 9.17) is 0 Å². The van der Waals surface area contributed by atoms with Gasteiger partial charge in [-0.1, -0.05) is 18.2 Å². The molecule has 0 aliphatic rings. The molecule has 5 nitrogen and oxygen atoms in total. The third-order valence-electron chi connectivity index (χ3n) is 3.29. The van der Waals surface area contributed by atoms with Crippen molar-refractivity contribution in [3.63, 3.8) is 0 Å². The summed E-state index contributed by atoms with van der Waals surface area (Å²) in [4.78, 5) is 4.33. The molecule has 3 aromatic rings. The molecule has 1 aromatic heterocycles. The lowest BCUT2D eigenvalue weighted by molar-refractivity contribution is 0.365. The van der Waals surface area contributed by atoms with E-state index in [1.165, 1.54) is 6.07 Å². The molecule has 0 fully saturated rings. The first-order chi connectivity index (χ1) is 10.1. The molecule has 0 aliphatic heterocycles. The van der Waals surface area contributed by atoms with Gasteiger partial charge in [0.1, 0.15) is 0 Å². The predicted octanol–water partition coefficient (Wildman–Crippen LogP) is 2.96. The molecule has 4 N–H and O–H groups in total. The average molecular weight is 282 g/mol. The first-order valence-electron chi connectivity index (χ1n) is 6.46. The maximum Gasteiger partial charge on any atom is 0.200 e. The zero-order valence-corrected chi connectivity index (χ0v) is 11.1. The van der Waals surface area contributed by atoms with Gasteiger partial charge < -0.3 is 20.6 Å². The van der Waals surface area contributed by atoms with Gasteiger partial charge in [0.15, 0.2) is 11.5 Å². The SMILES string of the molecule is Oc1ccc(CNc2cnc3ccccc3c2)c(O)c1O. The lowest BCUT2D eigenvalue weighted by Crippen LogP contribution is -2.00. The molecular weight excluding hydrogens is 268 g/mol. The largest absolute Gasteiger partial charge is 0.504 e. The van der Waals surface area contributed by atoms with Crippen LogP contribution in [0.4, 0.5) is 5.69 Å². The van der Waals surface area contributed by atoms with E-state index in [9.17, 15) is 15.3 Å². The second kappa shape index (κ2) is 5.20. The summed E-state index contributed by atoms with van der Waals surface area (Å²) in [6, 6.07) is 12.6. The molecule has 0 aliphatic carbocycles. The van der Waals surface area contributed by atoms with Gasteiger partial charge in [-0.05, 0) is 24.3 Å². The van der Waals surface area contributed by atoms with Crippen LogP contribution < -0.4 is 5.32 Å². The van der Waals surface area contributed by atoms with Gasteiger partial charge in [0.25, 0.3) is 0 Å². The number of nitrogens with zero attached hydrogens (tertiary/aromatic N) is 1. The van der Waals surface area contributed by atoms with Crippen LogP contribution in [0, 0.1) is 0 Å². The Morgan fingerprint density at radius 3 is 2.62 bits per heavy atom. The van der Waals surface area contributed by atoms with E-state index in [1.807, 2.05) is 30.3 Å². The zero-order chi connectivity index (χ0) is 14.8. The zero-order valence-electron chi connectivity index (χ0n) is 11.1. The second-order valence-electron chi connectivity index (χ2n) is 4.71. The Morgan fingerprint density at radius 2 is 1.76 bits per heavy atom. The second-order valence-corrected chi connectivity index (χ2v) is 4.71. The van der Waals surface area contributed by atoms with Crippen molar-refractivity contribution in [3.05, 3.63) is 54.2 Å². The summed E-state index contributed by atoms with van der Waals surface area (Å²) in [5.41, 5.74) is 2.20. The monoisotopic (exact) mass is 282 g/mol. The minimum Gasteiger partial charge on any atom is -0.504 e. The summed E-state index contributed by atoms with van der Waals surface area (Å²) in [6.45, 7) is 0.305. The number of rotatable bonds is 3. The number of fused-ring (bicyclic) bond motifs is 1. The molecule has 21 heavy (non-hydrogen) atoms. The first kappa shape index (κ1) is 13.1. The van der Waals surface area contributed by atoms with Crippen LogP contribution in [0.1, 0.15) is 5.56 Å². The highest BCUT2D eigenvalue weighted by Gasteiger charge is 2.10. The summed E-state index contributed by atoms with van der Waals surface area (Å²) in [7, 11) is 0. The van der Waals surface area contributed by atoms with Crippen molar-refractivity contribution in [2.45, 2.75) is 6.54 Å². The van der Waals surface area contributed by atoms with Crippen LogP contribution in [0.2, 0.25) is 0 Å². The molecule has 2 aromatic carbocycles. The third kappa shape index (κ3) is 2.53. The van der Waals surface area contributed by atoms with Crippen LogP contribution in [0.15, 0.2) is 48.7 Å². The number of pyridine rings is 1. The fourth-order valence-corrected chi connectivity index (χ4v) is 2.12. The predicted molar refractivity (Wildman–Crippen MR) is 80.5 cm³/mol. The van der Waals surface area contributed by atoms with Gasteiger partial charge in [-0.2, -0.15) is 0 Å².